The first-order chi connectivity index (χ1) is 9.31. The Bertz CT molecular complexity index is 644. The summed E-state index contributed by atoms with van der Waals surface area (Å²) < 4.78 is 0. The van der Waals surface area contributed by atoms with Gasteiger partial charge in [-0.15, -0.1) is 11.3 Å². The van der Waals surface area contributed by atoms with E-state index in [1.54, 1.807) is 6.20 Å². The van der Waals surface area contributed by atoms with Gasteiger partial charge in [0.1, 0.15) is 11.6 Å². The molecule has 4 nitrogen and oxygen atoms in total. The summed E-state index contributed by atoms with van der Waals surface area (Å²) in [5.41, 5.74) is 1.90. The molecule has 0 bridgehead atoms. The monoisotopic (exact) mass is 288 g/mol. The van der Waals surface area contributed by atoms with E-state index in [0.29, 0.717) is 10.7 Å². The molecule has 0 radical (unpaired) electrons. The van der Waals surface area contributed by atoms with E-state index in [1.165, 1.54) is 22.2 Å². The fourth-order valence-electron chi connectivity index (χ4n) is 2.20. The molecule has 19 heavy (non-hydrogen) atoms. The number of aromatic nitrogens is 2. The molecular formula is C13H12N4S2. The molecule has 0 N–H and O–H groups in total. The van der Waals surface area contributed by atoms with Crippen LogP contribution in [0.5, 0.6) is 0 Å². The summed E-state index contributed by atoms with van der Waals surface area (Å²) in [6.07, 6.45) is 4.59. The first kappa shape index (κ1) is 12.5. The lowest BCUT2D eigenvalue weighted by atomic mass is 10.1. The Morgan fingerprint density at radius 1 is 1.53 bits per heavy atom. The molecule has 0 spiro atoms. The van der Waals surface area contributed by atoms with E-state index in [2.05, 4.69) is 32.4 Å². The second kappa shape index (κ2) is 5.19. The van der Waals surface area contributed by atoms with E-state index < -0.39 is 0 Å². The Balaban J connectivity index is 1.97. The van der Waals surface area contributed by atoms with Crippen LogP contribution in [0.3, 0.4) is 0 Å². The van der Waals surface area contributed by atoms with E-state index in [9.17, 15) is 5.26 Å². The predicted molar refractivity (Wildman–Crippen MR) is 77.6 cm³/mol. The average Bonchev–Trinajstić information content (AvgIpc) is 2.93. The summed E-state index contributed by atoms with van der Waals surface area (Å²) in [5.74, 6) is 0.763. The van der Waals surface area contributed by atoms with Crippen molar-refractivity contribution >= 4 is 28.9 Å². The number of hydrogen-bond acceptors (Lipinski definition) is 6. The Morgan fingerprint density at radius 2 is 2.42 bits per heavy atom. The zero-order valence-corrected chi connectivity index (χ0v) is 12.1. The second-order valence-electron chi connectivity index (χ2n) is 4.25. The lowest BCUT2D eigenvalue weighted by molar-refractivity contribution is 0.720. The van der Waals surface area contributed by atoms with Crippen molar-refractivity contribution in [1.82, 2.24) is 9.97 Å². The zero-order chi connectivity index (χ0) is 13.2. The number of nitriles is 1. The fraction of sp³-hybridized carbons (Fsp3) is 0.308. The summed E-state index contributed by atoms with van der Waals surface area (Å²) in [7, 11) is 0. The van der Waals surface area contributed by atoms with Gasteiger partial charge in [-0.25, -0.2) is 9.97 Å². The third-order valence-corrected chi connectivity index (χ3v) is 4.74. The molecule has 0 atom stereocenters. The van der Waals surface area contributed by atoms with Gasteiger partial charge >= 0.3 is 0 Å². The van der Waals surface area contributed by atoms with Crippen LogP contribution in [0.15, 0.2) is 22.8 Å². The first-order valence-electron chi connectivity index (χ1n) is 5.93. The van der Waals surface area contributed by atoms with Gasteiger partial charge in [0.2, 0.25) is 0 Å². The van der Waals surface area contributed by atoms with Crippen molar-refractivity contribution < 1.29 is 0 Å². The van der Waals surface area contributed by atoms with Crippen LogP contribution >= 0.6 is 23.1 Å². The van der Waals surface area contributed by atoms with Gasteiger partial charge < -0.3 is 4.90 Å². The molecule has 0 saturated carbocycles. The molecule has 3 heterocycles. The maximum Gasteiger partial charge on any atom is 0.189 e. The van der Waals surface area contributed by atoms with E-state index in [0.717, 1.165) is 25.3 Å². The van der Waals surface area contributed by atoms with E-state index in [-0.39, 0.29) is 0 Å². The maximum atomic E-state index is 9.21. The maximum absolute atomic E-state index is 9.21. The highest BCUT2D eigenvalue weighted by atomic mass is 32.2. The lowest BCUT2D eigenvalue weighted by Crippen LogP contribution is -2.31. The molecule has 2 aromatic heterocycles. The first-order valence-corrected chi connectivity index (χ1v) is 8.03. The lowest BCUT2D eigenvalue weighted by Gasteiger charge is -2.28. The van der Waals surface area contributed by atoms with E-state index in [4.69, 9.17) is 0 Å². The van der Waals surface area contributed by atoms with Gasteiger partial charge in [-0.1, -0.05) is 11.8 Å². The fourth-order valence-corrected chi connectivity index (χ4v) is 3.43. The molecule has 0 fully saturated rings. The van der Waals surface area contributed by atoms with Gasteiger partial charge in [0, 0.05) is 18.0 Å². The SMILES string of the molecule is CSc1ncc(C#N)c(N2CCc3sccc3C2)n1. The number of rotatable bonds is 2. The molecule has 3 rings (SSSR count). The van der Waals surface area contributed by atoms with Crippen LogP contribution in [0.2, 0.25) is 0 Å². The summed E-state index contributed by atoms with van der Waals surface area (Å²) in [6.45, 7) is 1.74. The summed E-state index contributed by atoms with van der Waals surface area (Å²) in [4.78, 5) is 12.3. The van der Waals surface area contributed by atoms with Crippen LogP contribution in [-0.2, 0) is 13.0 Å². The number of anilines is 1. The molecule has 6 heteroatoms. The molecular weight excluding hydrogens is 276 g/mol. The highest BCUT2D eigenvalue weighted by Gasteiger charge is 2.21. The second-order valence-corrected chi connectivity index (χ2v) is 6.02. The molecule has 1 aliphatic rings. The van der Waals surface area contributed by atoms with Crippen molar-refractivity contribution in [1.29, 1.82) is 5.26 Å². The summed E-state index contributed by atoms with van der Waals surface area (Å²) in [6, 6.07) is 4.35. The molecule has 0 saturated heterocycles. The third-order valence-electron chi connectivity index (χ3n) is 3.16. The number of nitrogens with zero attached hydrogens (tertiary/aromatic N) is 4. The van der Waals surface area contributed by atoms with E-state index >= 15 is 0 Å². The Kier molecular flexibility index (Phi) is 3.40. The number of fused-ring (bicyclic) bond motifs is 1. The molecule has 2 aromatic rings. The third kappa shape index (κ3) is 2.31. The van der Waals surface area contributed by atoms with Crippen molar-refractivity contribution in [3.05, 3.63) is 33.6 Å². The zero-order valence-electron chi connectivity index (χ0n) is 10.5. The average molecular weight is 288 g/mol. The van der Waals surface area contributed by atoms with Crippen LogP contribution in [0.25, 0.3) is 0 Å². The highest BCUT2D eigenvalue weighted by Crippen LogP contribution is 2.29. The van der Waals surface area contributed by atoms with Crippen molar-refractivity contribution in [2.45, 2.75) is 18.1 Å². The minimum atomic E-state index is 0.552. The molecule has 0 amide bonds. The van der Waals surface area contributed by atoms with Crippen LogP contribution in [0, 0.1) is 11.3 Å². The topological polar surface area (TPSA) is 52.8 Å². The van der Waals surface area contributed by atoms with Gasteiger partial charge in [-0.05, 0) is 29.7 Å². The quantitative estimate of drug-likeness (QED) is 0.628. The summed E-state index contributed by atoms with van der Waals surface area (Å²) >= 11 is 3.31. The van der Waals surface area contributed by atoms with Gasteiger partial charge in [0.25, 0.3) is 0 Å². The minimum Gasteiger partial charge on any atom is -0.351 e. The Morgan fingerprint density at radius 3 is 3.21 bits per heavy atom. The number of thiophene rings is 1. The molecule has 1 aliphatic heterocycles. The van der Waals surface area contributed by atoms with Gasteiger partial charge in [-0.3, -0.25) is 0 Å². The highest BCUT2D eigenvalue weighted by molar-refractivity contribution is 7.98. The molecule has 0 aromatic carbocycles. The van der Waals surface area contributed by atoms with Crippen LogP contribution in [0.4, 0.5) is 5.82 Å². The van der Waals surface area contributed by atoms with Crippen molar-refractivity contribution in [3.63, 3.8) is 0 Å². The summed E-state index contributed by atoms with van der Waals surface area (Å²) in [5, 5.41) is 12.1. The Hall–Kier alpha value is -1.58. The minimum absolute atomic E-state index is 0.552. The van der Waals surface area contributed by atoms with Crippen molar-refractivity contribution in [2.24, 2.45) is 0 Å². The van der Waals surface area contributed by atoms with Crippen molar-refractivity contribution in [3.8, 4) is 6.07 Å². The normalized spacial score (nSPS) is 14.0. The predicted octanol–water partition coefficient (Wildman–Crippen LogP) is 2.69. The van der Waals surface area contributed by atoms with Crippen LogP contribution in [-0.4, -0.2) is 22.8 Å². The smallest absolute Gasteiger partial charge is 0.189 e. The molecule has 0 unspecified atom stereocenters. The van der Waals surface area contributed by atoms with Crippen LogP contribution < -0.4 is 4.90 Å². The number of thioether (sulfide) groups is 1. The van der Waals surface area contributed by atoms with Gasteiger partial charge in [0.05, 0.1) is 6.20 Å². The van der Waals surface area contributed by atoms with Crippen molar-refractivity contribution in [2.75, 3.05) is 17.7 Å². The molecule has 0 aliphatic carbocycles. The van der Waals surface area contributed by atoms with E-state index in [1.807, 2.05) is 17.6 Å². The Labute approximate surface area is 120 Å². The van der Waals surface area contributed by atoms with Gasteiger partial charge in [-0.2, -0.15) is 5.26 Å². The molecule has 96 valence electrons. The van der Waals surface area contributed by atoms with Crippen LogP contribution in [0.1, 0.15) is 16.0 Å². The largest absolute Gasteiger partial charge is 0.351 e. The standard InChI is InChI=1S/C13H12N4S2/c1-18-13-15-7-10(6-14)12(16-13)17-4-2-11-9(8-17)3-5-19-11/h3,5,7H,2,4,8H2,1H3. The van der Waals surface area contributed by atoms with Gasteiger partial charge in [0.15, 0.2) is 11.0 Å². The number of hydrogen-bond donors (Lipinski definition) is 0.